The van der Waals surface area contributed by atoms with Crippen molar-refractivity contribution < 1.29 is 23.9 Å². The molecular formula is C27H30N4O5. The molecule has 0 fully saturated rings. The minimum Gasteiger partial charge on any atom is -0.493 e. The van der Waals surface area contributed by atoms with Gasteiger partial charge in [-0.15, -0.1) is 6.42 Å². The maximum Gasteiger partial charge on any atom is 0.331 e. The number of hydroxylamine groups is 1. The molecule has 0 radical (unpaired) electrons. The van der Waals surface area contributed by atoms with Crippen molar-refractivity contribution in [2.24, 2.45) is 0 Å². The van der Waals surface area contributed by atoms with Gasteiger partial charge in [0, 0.05) is 35.5 Å². The molecule has 9 heteroatoms. The minimum absolute atomic E-state index is 0.216. The molecular weight excluding hydrogens is 460 g/mol. The van der Waals surface area contributed by atoms with Crippen molar-refractivity contribution in [3.8, 4) is 23.8 Å². The van der Waals surface area contributed by atoms with Crippen LogP contribution < -0.4 is 20.3 Å². The Labute approximate surface area is 210 Å². The van der Waals surface area contributed by atoms with Crippen LogP contribution in [-0.4, -0.2) is 35.6 Å². The molecule has 0 atom stereocenters. The third kappa shape index (κ3) is 7.60. The Morgan fingerprint density at radius 1 is 1.06 bits per heavy atom. The van der Waals surface area contributed by atoms with E-state index in [9.17, 15) is 9.59 Å². The predicted octanol–water partition coefficient (Wildman–Crippen LogP) is 4.68. The molecule has 0 aliphatic carbocycles. The fourth-order valence-electron chi connectivity index (χ4n) is 3.42. The molecule has 188 valence electrons. The molecule has 0 saturated carbocycles. The van der Waals surface area contributed by atoms with Crippen LogP contribution in [0.3, 0.4) is 0 Å². The summed E-state index contributed by atoms with van der Waals surface area (Å²) in [7, 11) is 1.59. The number of fused-ring (bicyclic) bond motifs is 1. The molecule has 2 aromatic carbocycles. The number of carbonyl (C=O) groups excluding carboxylic acids is 2. The van der Waals surface area contributed by atoms with Gasteiger partial charge in [0.1, 0.15) is 12.1 Å². The lowest BCUT2D eigenvalue weighted by Crippen LogP contribution is -2.26. The summed E-state index contributed by atoms with van der Waals surface area (Å²) < 4.78 is 11.5. The molecule has 1 amide bonds. The Morgan fingerprint density at radius 2 is 1.89 bits per heavy atom. The van der Waals surface area contributed by atoms with Crippen molar-refractivity contribution in [3.63, 3.8) is 0 Å². The first-order valence-electron chi connectivity index (χ1n) is 11.8. The normalized spacial score (nSPS) is 10.4. The molecule has 1 heterocycles. The van der Waals surface area contributed by atoms with Crippen LogP contribution >= 0.6 is 0 Å². The van der Waals surface area contributed by atoms with Crippen molar-refractivity contribution in [2.45, 2.75) is 45.4 Å². The van der Waals surface area contributed by atoms with E-state index in [0.29, 0.717) is 42.3 Å². The van der Waals surface area contributed by atoms with E-state index in [0.717, 1.165) is 35.9 Å². The highest BCUT2D eigenvalue weighted by molar-refractivity contribution is 5.93. The molecule has 2 N–H and O–H groups in total. The predicted molar refractivity (Wildman–Crippen MR) is 137 cm³/mol. The van der Waals surface area contributed by atoms with Crippen LogP contribution in [0.15, 0.2) is 42.7 Å². The lowest BCUT2D eigenvalue weighted by Gasteiger charge is -2.14. The van der Waals surface area contributed by atoms with Gasteiger partial charge in [-0.05, 0) is 37.1 Å². The molecule has 0 spiro atoms. The maximum absolute atomic E-state index is 11.6. The Balaban J connectivity index is 1.55. The van der Waals surface area contributed by atoms with E-state index in [1.54, 1.807) is 14.0 Å². The number of unbranched alkanes of at least 4 members (excludes halogenated alkanes) is 3. The first kappa shape index (κ1) is 26.3. The number of terminal acetylenes is 1. The summed E-state index contributed by atoms with van der Waals surface area (Å²) in [5.41, 5.74) is 4.46. The number of hydrogen-bond acceptors (Lipinski definition) is 8. The number of nitrogens with zero attached hydrogens (tertiary/aromatic N) is 2. The Bertz CT molecular complexity index is 1240. The van der Waals surface area contributed by atoms with Gasteiger partial charge in [-0.3, -0.25) is 4.79 Å². The number of aromatic nitrogens is 2. The summed E-state index contributed by atoms with van der Waals surface area (Å²) in [5.74, 6) is 3.67. The Kier molecular flexibility index (Phi) is 9.89. The van der Waals surface area contributed by atoms with Gasteiger partial charge in [0.25, 0.3) is 5.91 Å². The number of methoxy groups -OCH3 is 1. The molecule has 0 aliphatic heterocycles. The lowest BCUT2D eigenvalue weighted by atomic mass is 10.1. The van der Waals surface area contributed by atoms with E-state index in [2.05, 4.69) is 31.5 Å². The summed E-state index contributed by atoms with van der Waals surface area (Å²) in [4.78, 5) is 36.1. The lowest BCUT2D eigenvalue weighted by molar-refractivity contribution is -0.158. The van der Waals surface area contributed by atoms with E-state index in [4.69, 9.17) is 15.9 Å². The molecule has 0 saturated heterocycles. The monoisotopic (exact) mass is 490 g/mol. The van der Waals surface area contributed by atoms with E-state index in [1.807, 2.05) is 36.4 Å². The van der Waals surface area contributed by atoms with Crippen LogP contribution in [0.25, 0.3) is 10.9 Å². The molecule has 36 heavy (non-hydrogen) atoms. The molecule has 9 nitrogen and oxygen atoms in total. The molecule has 1 aromatic heterocycles. The summed E-state index contributed by atoms with van der Waals surface area (Å²) in [6.45, 7) is 2.15. The molecule has 3 aromatic rings. The zero-order valence-electron chi connectivity index (χ0n) is 20.5. The Hall–Kier alpha value is -4.32. The van der Waals surface area contributed by atoms with E-state index >= 15 is 0 Å². The summed E-state index contributed by atoms with van der Waals surface area (Å²) in [6, 6.07) is 11.2. The summed E-state index contributed by atoms with van der Waals surface area (Å²) in [6.07, 6.45) is 10.8. The van der Waals surface area contributed by atoms with Gasteiger partial charge in [0.2, 0.25) is 0 Å². The number of amides is 1. The number of ether oxygens (including phenoxy) is 2. The van der Waals surface area contributed by atoms with Gasteiger partial charge in [-0.2, -0.15) is 5.48 Å². The van der Waals surface area contributed by atoms with Crippen molar-refractivity contribution in [1.82, 2.24) is 15.4 Å². The molecule has 3 rings (SSSR count). The van der Waals surface area contributed by atoms with Crippen LogP contribution in [0.2, 0.25) is 0 Å². The van der Waals surface area contributed by atoms with E-state index in [-0.39, 0.29) is 12.3 Å². The van der Waals surface area contributed by atoms with Crippen LogP contribution in [0, 0.1) is 12.3 Å². The molecule has 0 aliphatic rings. The topological polar surface area (TPSA) is 112 Å². The average molecular weight is 491 g/mol. The van der Waals surface area contributed by atoms with Gasteiger partial charge in [-0.25, -0.2) is 14.8 Å². The van der Waals surface area contributed by atoms with Gasteiger partial charge >= 0.3 is 5.97 Å². The third-order valence-corrected chi connectivity index (χ3v) is 5.34. The van der Waals surface area contributed by atoms with Crippen molar-refractivity contribution >= 4 is 34.3 Å². The minimum atomic E-state index is -0.461. The van der Waals surface area contributed by atoms with Crippen molar-refractivity contribution in [1.29, 1.82) is 0 Å². The zero-order chi connectivity index (χ0) is 25.8. The second-order valence-corrected chi connectivity index (χ2v) is 7.96. The number of anilines is 2. The fraction of sp³-hybridized carbons (Fsp3) is 0.333. The molecule has 0 bridgehead atoms. The SMILES string of the molecule is C#Cc1cccc(Nc2ncnc3cc(OC)c(OCCCCCCC(=O)NOC(=O)CC)cc23)c1. The van der Waals surface area contributed by atoms with Gasteiger partial charge < -0.3 is 19.6 Å². The number of hydrogen-bond donors (Lipinski definition) is 2. The zero-order valence-corrected chi connectivity index (χ0v) is 20.5. The van der Waals surface area contributed by atoms with Crippen LogP contribution in [-0.2, 0) is 14.4 Å². The second kappa shape index (κ2) is 13.5. The standard InChI is InChI=1S/C27H30N4O5/c1-4-19-11-10-12-20(15-19)30-27-21-16-24(23(34-3)17-22(21)28-18-29-27)35-14-9-7-6-8-13-25(32)31-36-26(33)5-2/h1,10-12,15-18H,5-9,13-14H2,2-3H3,(H,31,32)(H,28,29,30). The smallest absolute Gasteiger partial charge is 0.331 e. The van der Waals surface area contributed by atoms with Gasteiger partial charge in [0.05, 0.1) is 19.2 Å². The van der Waals surface area contributed by atoms with Crippen LogP contribution in [0.5, 0.6) is 11.5 Å². The largest absolute Gasteiger partial charge is 0.493 e. The number of benzene rings is 2. The van der Waals surface area contributed by atoms with Gasteiger partial charge in [-0.1, -0.05) is 31.8 Å². The van der Waals surface area contributed by atoms with E-state index in [1.165, 1.54) is 6.33 Å². The first-order valence-corrected chi connectivity index (χ1v) is 11.8. The van der Waals surface area contributed by atoms with E-state index < -0.39 is 5.97 Å². The number of carbonyl (C=O) groups is 2. The highest BCUT2D eigenvalue weighted by Crippen LogP contribution is 2.35. The van der Waals surface area contributed by atoms with Crippen LogP contribution in [0.4, 0.5) is 11.5 Å². The van der Waals surface area contributed by atoms with Crippen molar-refractivity contribution in [3.05, 3.63) is 48.3 Å². The second-order valence-electron chi connectivity index (χ2n) is 7.96. The Morgan fingerprint density at radius 3 is 2.67 bits per heavy atom. The third-order valence-electron chi connectivity index (χ3n) is 5.34. The van der Waals surface area contributed by atoms with Gasteiger partial charge in [0.15, 0.2) is 11.5 Å². The summed E-state index contributed by atoms with van der Waals surface area (Å²) in [5, 5.41) is 4.09. The average Bonchev–Trinajstić information content (AvgIpc) is 2.91. The van der Waals surface area contributed by atoms with Crippen LogP contribution in [0.1, 0.15) is 51.0 Å². The maximum atomic E-state index is 11.6. The highest BCUT2D eigenvalue weighted by Gasteiger charge is 2.12. The van der Waals surface area contributed by atoms with Crippen molar-refractivity contribution in [2.75, 3.05) is 19.0 Å². The number of rotatable bonds is 12. The summed E-state index contributed by atoms with van der Waals surface area (Å²) >= 11 is 0. The first-order chi connectivity index (χ1) is 17.5. The number of nitrogens with one attached hydrogen (secondary N) is 2. The fourth-order valence-corrected chi connectivity index (χ4v) is 3.42. The molecule has 0 unspecified atom stereocenters. The quantitative estimate of drug-likeness (QED) is 0.214. The highest BCUT2D eigenvalue weighted by atomic mass is 16.7.